The van der Waals surface area contributed by atoms with E-state index in [1.807, 2.05) is 0 Å². The maximum atomic E-state index is 13.5. The number of carbonyl (C=O) groups excluding carboxylic acids is 1. The summed E-state index contributed by atoms with van der Waals surface area (Å²) in [6.45, 7) is 4.38. The summed E-state index contributed by atoms with van der Waals surface area (Å²) in [5.41, 5.74) is 7.82. The van der Waals surface area contributed by atoms with E-state index in [4.69, 9.17) is 10.5 Å². The van der Waals surface area contributed by atoms with E-state index < -0.39 is 6.04 Å². The van der Waals surface area contributed by atoms with Gasteiger partial charge in [0.15, 0.2) is 0 Å². The Kier molecular flexibility index (Phi) is 6.61. The van der Waals surface area contributed by atoms with Crippen LogP contribution in [0.3, 0.4) is 0 Å². The van der Waals surface area contributed by atoms with E-state index in [0.717, 1.165) is 12.0 Å². The average Bonchev–Trinajstić information content (AvgIpc) is 2.42. The molecule has 0 aromatic heterocycles. The summed E-state index contributed by atoms with van der Waals surface area (Å²) in [6.07, 6.45) is 1.33. The summed E-state index contributed by atoms with van der Waals surface area (Å²) in [5, 5.41) is 2.77. The van der Waals surface area contributed by atoms with Crippen molar-refractivity contribution in [1.29, 1.82) is 0 Å². The predicted octanol–water partition coefficient (Wildman–Crippen LogP) is 1.81. The maximum Gasteiger partial charge on any atom is 0.237 e. The third-order valence-corrected chi connectivity index (χ3v) is 3.16. The van der Waals surface area contributed by atoms with Crippen LogP contribution >= 0.6 is 0 Å². The highest BCUT2D eigenvalue weighted by Crippen LogP contribution is 2.14. The van der Waals surface area contributed by atoms with Crippen molar-refractivity contribution in [3.05, 3.63) is 34.6 Å². The van der Waals surface area contributed by atoms with Crippen LogP contribution < -0.4 is 11.1 Å². The highest BCUT2D eigenvalue weighted by Gasteiger charge is 2.13. The lowest BCUT2D eigenvalue weighted by atomic mass is 10.1. The highest BCUT2D eigenvalue weighted by molar-refractivity contribution is 5.81. The number of hydrogen-bond acceptors (Lipinski definition) is 3. The number of amides is 1. The van der Waals surface area contributed by atoms with Crippen LogP contribution in [0, 0.1) is 19.7 Å². The molecule has 1 unspecified atom stereocenters. The lowest BCUT2D eigenvalue weighted by Crippen LogP contribution is -2.40. The fourth-order valence-corrected chi connectivity index (χ4v) is 2.04. The molecule has 1 atom stereocenters. The molecule has 1 aromatic rings. The van der Waals surface area contributed by atoms with Gasteiger partial charge in [0.25, 0.3) is 0 Å². The molecule has 0 radical (unpaired) electrons. The third kappa shape index (κ3) is 4.90. The maximum absolute atomic E-state index is 13.5. The molecule has 20 heavy (non-hydrogen) atoms. The number of nitrogens with one attached hydrogen (secondary N) is 1. The highest BCUT2D eigenvalue weighted by atomic mass is 19.1. The number of halogens is 1. The Morgan fingerprint density at radius 1 is 1.40 bits per heavy atom. The minimum Gasteiger partial charge on any atom is -0.385 e. The second-order valence-corrected chi connectivity index (χ2v) is 5.00. The van der Waals surface area contributed by atoms with Crippen molar-refractivity contribution < 1.29 is 13.9 Å². The number of benzene rings is 1. The van der Waals surface area contributed by atoms with Crippen LogP contribution in [0.25, 0.3) is 0 Å². The largest absolute Gasteiger partial charge is 0.385 e. The van der Waals surface area contributed by atoms with Gasteiger partial charge < -0.3 is 15.8 Å². The van der Waals surface area contributed by atoms with Gasteiger partial charge in [0, 0.05) is 20.3 Å². The van der Waals surface area contributed by atoms with Crippen LogP contribution in [0.15, 0.2) is 12.1 Å². The zero-order chi connectivity index (χ0) is 15.1. The molecule has 0 aliphatic carbocycles. The molecule has 1 amide bonds. The van der Waals surface area contributed by atoms with Gasteiger partial charge in [-0.2, -0.15) is 0 Å². The number of methoxy groups -OCH3 is 1. The molecule has 0 saturated heterocycles. The van der Waals surface area contributed by atoms with Crippen LogP contribution in [0.4, 0.5) is 4.39 Å². The van der Waals surface area contributed by atoms with Crippen molar-refractivity contribution in [1.82, 2.24) is 5.32 Å². The van der Waals surface area contributed by atoms with Gasteiger partial charge in [0.05, 0.1) is 6.04 Å². The quantitative estimate of drug-likeness (QED) is 0.750. The molecule has 112 valence electrons. The Morgan fingerprint density at radius 2 is 2.00 bits per heavy atom. The van der Waals surface area contributed by atoms with Gasteiger partial charge in [-0.15, -0.1) is 0 Å². The van der Waals surface area contributed by atoms with Crippen molar-refractivity contribution in [3.8, 4) is 0 Å². The third-order valence-electron chi connectivity index (χ3n) is 3.16. The van der Waals surface area contributed by atoms with E-state index in [0.29, 0.717) is 30.7 Å². The molecule has 0 aliphatic heterocycles. The smallest absolute Gasteiger partial charge is 0.237 e. The molecule has 4 nitrogen and oxygen atoms in total. The summed E-state index contributed by atoms with van der Waals surface area (Å²) in [4.78, 5) is 11.8. The number of aryl methyl sites for hydroxylation is 2. The fourth-order valence-electron chi connectivity index (χ4n) is 2.04. The first-order chi connectivity index (χ1) is 9.45. The number of hydrogen-bond donors (Lipinski definition) is 2. The minimum atomic E-state index is -0.534. The zero-order valence-electron chi connectivity index (χ0n) is 12.3. The van der Waals surface area contributed by atoms with E-state index in [2.05, 4.69) is 5.32 Å². The van der Waals surface area contributed by atoms with Crippen LogP contribution in [-0.4, -0.2) is 25.7 Å². The Balaban J connectivity index is 2.48. The van der Waals surface area contributed by atoms with Crippen LogP contribution in [0.5, 0.6) is 0 Å². The molecule has 0 aliphatic rings. The van der Waals surface area contributed by atoms with Crippen molar-refractivity contribution in [2.75, 3.05) is 13.7 Å². The molecule has 0 heterocycles. The van der Waals surface area contributed by atoms with Crippen LogP contribution in [0.1, 0.15) is 29.5 Å². The summed E-state index contributed by atoms with van der Waals surface area (Å²) < 4.78 is 18.4. The molecule has 0 saturated carbocycles. The predicted molar refractivity (Wildman–Crippen MR) is 76.8 cm³/mol. The SMILES string of the molecule is COCCCC(N)C(=O)NCc1cc(C)c(F)c(C)c1. The first kappa shape index (κ1) is 16.6. The number of ether oxygens (including phenoxy) is 1. The molecule has 5 heteroatoms. The zero-order valence-corrected chi connectivity index (χ0v) is 12.3. The van der Waals surface area contributed by atoms with E-state index in [-0.39, 0.29) is 11.7 Å². The van der Waals surface area contributed by atoms with E-state index in [9.17, 15) is 9.18 Å². The second kappa shape index (κ2) is 7.97. The molecule has 0 spiro atoms. The average molecular weight is 282 g/mol. The summed E-state index contributed by atoms with van der Waals surface area (Å²) in [6, 6.07) is 2.94. The summed E-state index contributed by atoms with van der Waals surface area (Å²) in [7, 11) is 1.62. The van der Waals surface area contributed by atoms with Crippen molar-refractivity contribution in [2.24, 2.45) is 5.73 Å². The first-order valence-electron chi connectivity index (χ1n) is 6.73. The summed E-state index contributed by atoms with van der Waals surface area (Å²) >= 11 is 0. The lowest BCUT2D eigenvalue weighted by molar-refractivity contribution is -0.122. The van der Waals surface area contributed by atoms with Gasteiger partial charge in [-0.1, -0.05) is 12.1 Å². The van der Waals surface area contributed by atoms with Crippen molar-refractivity contribution in [2.45, 2.75) is 39.3 Å². The molecule has 0 bridgehead atoms. The van der Waals surface area contributed by atoms with E-state index >= 15 is 0 Å². The Hall–Kier alpha value is -1.46. The monoisotopic (exact) mass is 282 g/mol. The van der Waals surface area contributed by atoms with E-state index in [1.54, 1.807) is 33.1 Å². The van der Waals surface area contributed by atoms with E-state index in [1.165, 1.54) is 0 Å². The molecular weight excluding hydrogens is 259 g/mol. The summed E-state index contributed by atoms with van der Waals surface area (Å²) in [5.74, 6) is -0.392. The van der Waals surface area contributed by atoms with Crippen LogP contribution in [-0.2, 0) is 16.1 Å². The van der Waals surface area contributed by atoms with Crippen molar-refractivity contribution >= 4 is 5.91 Å². The standard InChI is InChI=1S/C15H23FN2O2/c1-10-7-12(8-11(2)14(10)16)9-18-15(19)13(17)5-4-6-20-3/h7-8,13H,4-6,9,17H2,1-3H3,(H,18,19). The Labute approximate surface area is 119 Å². The number of nitrogens with two attached hydrogens (primary N) is 1. The second-order valence-electron chi connectivity index (χ2n) is 5.00. The van der Waals surface area contributed by atoms with Crippen molar-refractivity contribution in [3.63, 3.8) is 0 Å². The van der Waals surface area contributed by atoms with Gasteiger partial charge >= 0.3 is 0 Å². The lowest BCUT2D eigenvalue weighted by Gasteiger charge is -2.13. The normalized spacial score (nSPS) is 12.2. The molecule has 0 fully saturated rings. The molecule has 1 aromatic carbocycles. The fraction of sp³-hybridized carbons (Fsp3) is 0.533. The molecule has 1 rings (SSSR count). The van der Waals surface area contributed by atoms with Gasteiger partial charge in [-0.25, -0.2) is 4.39 Å². The van der Waals surface area contributed by atoms with Crippen LogP contribution in [0.2, 0.25) is 0 Å². The van der Waals surface area contributed by atoms with Gasteiger partial charge in [-0.05, 0) is 43.4 Å². The van der Waals surface area contributed by atoms with Gasteiger partial charge in [0.1, 0.15) is 5.82 Å². The number of rotatable bonds is 7. The van der Waals surface area contributed by atoms with Gasteiger partial charge in [-0.3, -0.25) is 4.79 Å². The Bertz CT molecular complexity index is 440. The minimum absolute atomic E-state index is 0.194. The molecular formula is C15H23FN2O2. The van der Waals surface area contributed by atoms with Gasteiger partial charge in [0.2, 0.25) is 5.91 Å². The molecule has 3 N–H and O–H groups in total. The number of carbonyl (C=O) groups is 1. The first-order valence-corrected chi connectivity index (χ1v) is 6.73. The Morgan fingerprint density at radius 3 is 2.55 bits per heavy atom. The topological polar surface area (TPSA) is 64.3 Å².